The maximum absolute atomic E-state index is 12.0. The molecule has 0 unspecified atom stereocenters. The van der Waals surface area contributed by atoms with Crippen LogP contribution in [-0.2, 0) is 4.74 Å². The Morgan fingerprint density at radius 3 is 2.59 bits per heavy atom. The maximum atomic E-state index is 12.0. The summed E-state index contributed by atoms with van der Waals surface area (Å²) in [6.45, 7) is 2.26. The van der Waals surface area contributed by atoms with Crippen LogP contribution in [0.15, 0.2) is 48.8 Å². The van der Waals surface area contributed by atoms with Gasteiger partial charge in [0.25, 0.3) is 5.91 Å². The predicted molar refractivity (Wildman–Crippen MR) is 86.3 cm³/mol. The Balaban J connectivity index is 1.39. The fourth-order valence-corrected chi connectivity index (χ4v) is 2.30. The van der Waals surface area contributed by atoms with E-state index < -0.39 is 0 Å². The van der Waals surface area contributed by atoms with Gasteiger partial charge >= 0.3 is 0 Å². The lowest BCUT2D eigenvalue weighted by Crippen LogP contribution is -2.25. The van der Waals surface area contributed by atoms with E-state index in [1.807, 2.05) is 53.4 Å². The van der Waals surface area contributed by atoms with Crippen molar-refractivity contribution in [3.05, 3.63) is 54.4 Å². The van der Waals surface area contributed by atoms with Crippen molar-refractivity contribution in [3.63, 3.8) is 0 Å². The van der Waals surface area contributed by atoms with Gasteiger partial charge < -0.3 is 14.6 Å². The lowest BCUT2D eigenvalue weighted by Gasteiger charge is -2.07. The second-order valence-electron chi connectivity index (χ2n) is 5.76. The van der Waals surface area contributed by atoms with Crippen molar-refractivity contribution < 1.29 is 9.53 Å². The highest BCUT2D eigenvalue weighted by Gasteiger charge is 2.20. The summed E-state index contributed by atoms with van der Waals surface area (Å²) < 4.78 is 7.56. The molecule has 1 fully saturated rings. The Bertz CT molecular complexity index is 586. The first kappa shape index (κ1) is 14.9. The summed E-state index contributed by atoms with van der Waals surface area (Å²) in [4.78, 5) is 12.0. The van der Waals surface area contributed by atoms with Crippen LogP contribution in [0.2, 0.25) is 0 Å². The zero-order chi connectivity index (χ0) is 15.2. The summed E-state index contributed by atoms with van der Waals surface area (Å²) in [5, 5.41) is 2.93. The molecule has 3 rings (SSSR count). The van der Waals surface area contributed by atoms with Crippen molar-refractivity contribution in [3.8, 4) is 5.69 Å². The van der Waals surface area contributed by atoms with Gasteiger partial charge in [0, 0.05) is 43.4 Å². The second-order valence-corrected chi connectivity index (χ2v) is 5.76. The van der Waals surface area contributed by atoms with Crippen LogP contribution in [0, 0.1) is 5.92 Å². The van der Waals surface area contributed by atoms with Crippen molar-refractivity contribution in [2.24, 2.45) is 5.92 Å². The van der Waals surface area contributed by atoms with Gasteiger partial charge in [0.05, 0.1) is 0 Å². The Labute approximate surface area is 131 Å². The molecule has 0 atom stereocenters. The third-order valence-electron chi connectivity index (χ3n) is 3.83. The summed E-state index contributed by atoms with van der Waals surface area (Å²) in [7, 11) is 0. The van der Waals surface area contributed by atoms with Gasteiger partial charge in [-0.15, -0.1) is 0 Å². The van der Waals surface area contributed by atoms with Gasteiger partial charge in [-0.25, -0.2) is 0 Å². The number of aromatic nitrogens is 1. The average molecular weight is 298 g/mol. The molecule has 116 valence electrons. The molecule has 4 heteroatoms. The van der Waals surface area contributed by atoms with Crippen LogP contribution in [0.25, 0.3) is 5.69 Å². The molecule has 1 aromatic carbocycles. The van der Waals surface area contributed by atoms with Crippen molar-refractivity contribution in [1.82, 2.24) is 9.88 Å². The Kier molecular flexibility index (Phi) is 4.91. The summed E-state index contributed by atoms with van der Waals surface area (Å²) in [6.07, 6.45) is 7.46. The smallest absolute Gasteiger partial charge is 0.251 e. The van der Waals surface area contributed by atoms with Crippen LogP contribution >= 0.6 is 0 Å². The van der Waals surface area contributed by atoms with Crippen LogP contribution in [0.5, 0.6) is 0 Å². The van der Waals surface area contributed by atoms with E-state index in [0.29, 0.717) is 12.1 Å². The first-order valence-electron chi connectivity index (χ1n) is 7.92. The summed E-state index contributed by atoms with van der Waals surface area (Å²) in [6, 6.07) is 11.6. The van der Waals surface area contributed by atoms with Crippen molar-refractivity contribution in [2.45, 2.75) is 19.3 Å². The van der Waals surface area contributed by atoms with E-state index in [0.717, 1.165) is 31.2 Å². The number of hydrogen-bond donors (Lipinski definition) is 1. The summed E-state index contributed by atoms with van der Waals surface area (Å²) >= 11 is 0. The van der Waals surface area contributed by atoms with Gasteiger partial charge in [0.15, 0.2) is 0 Å². The zero-order valence-corrected chi connectivity index (χ0v) is 12.7. The largest absolute Gasteiger partial charge is 0.381 e. The first-order chi connectivity index (χ1) is 10.8. The molecule has 1 aliphatic rings. The van der Waals surface area contributed by atoms with Gasteiger partial charge in [0.1, 0.15) is 0 Å². The van der Waals surface area contributed by atoms with Crippen molar-refractivity contribution >= 4 is 5.91 Å². The number of hydrogen-bond acceptors (Lipinski definition) is 2. The minimum Gasteiger partial charge on any atom is -0.381 e. The van der Waals surface area contributed by atoms with Gasteiger partial charge in [-0.3, -0.25) is 4.79 Å². The van der Waals surface area contributed by atoms with Gasteiger partial charge in [0.2, 0.25) is 0 Å². The number of nitrogens with one attached hydrogen (secondary N) is 1. The molecule has 1 amide bonds. The predicted octanol–water partition coefficient (Wildman–Crippen LogP) is 3.02. The second kappa shape index (κ2) is 7.27. The number of nitrogens with zero attached hydrogens (tertiary/aromatic N) is 1. The van der Waals surface area contributed by atoms with E-state index in [-0.39, 0.29) is 5.91 Å². The highest BCUT2D eigenvalue weighted by Crippen LogP contribution is 2.28. The minimum absolute atomic E-state index is 0.0266. The van der Waals surface area contributed by atoms with Crippen LogP contribution in [0.4, 0.5) is 0 Å². The maximum Gasteiger partial charge on any atom is 0.251 e. The number of amides is 1. The third kappa shape index (κ3) is 4.21. The Morgan fingerprint density at radius 2 is 1.91 bits per heavy atom. The molecule has 22 heavy (non-hydrogen) atoms. The number of benzene rings is 1. The van der Waals surface area contributed by atoms with E-state index in [1.165, 1.54) is 12.8 Å². The standard InChI is InChI=1S/C18H22N2O2/c21-18(19-10-3-13-22-14-15-4-5-15)16-6-8-17(9-7-16)20-11-1-2-12-20/h1-2,6-9,11-12,15H,3-5,10,13-14H2,(H,19,21). The van der Waals surface area contributed by atoms with Crippen LogP contribution in [-0.4, -0.2) is 30.2 Å². The fourth-order valence-electron chi connectivity index (χ4n) is 2.30. The number of carbonyl (C=O) groups is 1. The van der Waals surface area contributed by atoms with E-state index in [2.05, 4.69) is 5.32 Å². The average Bonchev–Trinajstić information content (AvgIpc) is 3.21. The van der Waals surface area contributed by atoms with Gasteiger partial charge in [-0.2, -0.15) is 0 Å². The van der Waals surface area contributed by atoms with Crippen molar-refractivity contribution in [1.29, 1.82) is 0 Å². The Morgan fingerprint density at radius 1 is 1.18 bits per heavy atom. The molecular weight excluding hydrogens is 276 g/mol. The quantitative estimate of drug-likeness (QED) is 0.761. The summed E-state index contributed by atoms with van der Waals surface area (Å²) in [5.74, 6) is 0.773. The SMILES string of the molecule is O=C(NCCCOCC1CC1)c1ccc(-n2cccc2)cc1. The van der Waals surface area contributed by atoms with Crippen LogP contribution < -0.4 is 5.32 Å². The third-order valence-corrected chi connectivity index (χ3v) is 3.83. The molecule has 1 aliphatic carbocycles. The molecule has 0 saturated heterocycles. The van der Waals surface area contributed by atoms with E-state index in [1.54, 1.807) is 0 Å². The molecule has 0 aliphatic heterocycles. The molecule has 1 heterocycles. The Hall–Kier alpha value is -2.07. The molecule has 4 nitrogen and oxygen atoms in total. The van der Waals surface area contributed by atoms with Crippen molar-refractivity contribution in [2.75, 3.05) is 19.8 Å². The molecule has 2 aromatic rings. The molecule has 0 spiro atoms. The van der Waals surface area contributed by atoms with Gasteiger partial charge in [-0.05, 0) is 61.6 Å². The number of carbonyl (C=O) groups excluding carboxylic acids is 1. The number of ether oxygens (including phenoxy) is 1. The molecular formula is C18H22N2O2. The highest BCUT2D eigenvalue weighted by atomic mass is 16.5. The first-order valence-corrected chi connectivity index (χ1v) is 7.92. The molecule has 0 bridgehead atoms. The normalized spacial score (nSPS) is 14.0. The van der Waals surface area contributed by atoms with Gasteiger partial charge in [-0.1, -0.05) is 0 Å². The lowest BCUT2D eigenvalue weighted by molar-refractivity contribution is 0.0937. The monoisotopic (exact) mass is 298 g/mol. The van der Waals surface area contributed by atoms with Crippen LogP contribution in [0.3, 0.4) is 0 Å². The topological polar surface area (TPSA) is 43.3 Å². The van der Waals surface area contributed by atoms with Crippen LogP contribution in [0.1, 0.15) is 29.6 Å². The van der Waals surface area contributed by atoms with E-state index in [4.69, 9.17) is 4.74 Å². The lowest BCUT2D eigenvalue weighted by atomic mass is 10.2. The fraction of sp³-hybridized carbons (Fsp3) is 0.389. The van der Waals surface area contributed by atoms with E-state index in [9.17, 15) is 4.79 Å². The highest BCUT2D eigenvalue weighted by molar-refractivity contribution is 5.94. The number of rotatable bonds is 8. The minimum atomic E-state index is -0.0266. The summed E-state index contributed by atoms with van der Waals surface area (Å²) in [5.41, 5.74) is 1.74. The molecule has 1 N–H and O–H groups in total. The molecule has 1 saturated carbocycles. The zero-order valence-electron chi connectivity index (χ0n) is 12.7. The van der Waals surface area contributed by atoms with E-state index >= 15 is 0 Å². The molecule has 1 aromatic heterocycles. The molecule has 0 radical (unpaired) electrons.